The molecule has 1 atom stereocenters. The minimum atomic E-state index is -3.68. The third-order valence-electron chi connectivity index (χ3n) is 4.46. The van der Waals surface area contributed by atoms with Crippen LogP contribution >= 0.6 is 23.1 Å². The Balaban J connectivity index is 1.72. The van der Waals surface area contributed by atoms with Gasteiger partial charge in [-0.15, -0.1) is 10.2 Å². The molecule has 164 valence electrons. The number of aryl methyl sites for hydroxylation is 1. The molecule has 7 nitrogen and oxygen atoms in total. The van der Waals surface area contributed by atoms with Gasteiger partial charge in [0.2, 0.25) is 21.1 Å². The van der Waals surface area contributed by atoms with Gasteiger partial charge >= 0.3 is 0 Å². The number of thioether (sulfide) groups is 1. The molecule has 1 heterocycles. The quantitative estimate of drug-likeness (QED) is 0.365. The minimum absolute atomic E-state index is 0.307. The molecule has 0 spiro atoms. The summed E-state index contributed by atoms with van der Waals surface area (Å²) in [5.74, 6) is 0.306. The van der Waals surface area contributed by atoms with Crippen LogP contribution in [0.5, 0.6) is 0 Å². The molecule has 0 saturated heterocycles. The second-order valence-electron chi connectivity index (χ2n) is 6.96. The number of anilines is 2. The van der Waals surface area contributed by atoms with Crippen LogP contribution in [0.3, 0.4) is 0 Å². The number of carbonyl (C=O) groups is 1. The topological polar surface area (TPSA) is 92.3 Å². The van der Waals surface area contributed by atoms with Crippen LogP contribution in [0, 0.1) is 6.92 Å². The average Bonchev–Trinajstić information content (AvgIpc) is 3.18. The Labute approximate surface area is 191 Å². The first-order chi connectivity index (χ1) is 14.8. The van der Waals surface area contributed by atoms with Crippen LogP contribution in [0.2, 0.25) is 0 Å². The van der Waals surface area contributed by atoms with Gasteiger partial charge in [-0.2, -0.15) is 0 Å². The molecule has 1 aromatic heterocycles. The van der Waals surface area contributed by atoms with Crippen molar-refractivity contribution in [1.82, 2.24) is 10.2 Å². The lowest BCUT2D eigenvalue weighted by atomic mass is 10.1. The van der Waals surface area contributed by atoms with Crippen molar-refractivity contribution in [2.24, 2.45) is 0 Å². The summed E-state index contributed by atoms with van der Waals surface area (Å²) in [5.41, 5.74) is 2.62. The molecule has 31 heavy (non-hydrogen) atoms. The van der Waals surface area contributed by atoms with E-state index in [0.29, 0.717) is 17.2 Å². The predicted octanol–water partition coefficient (Wildman–Crippen LogP) is 4.32. The second kappa shape index (κ2) is 10.3. The molecule has 0 aliphatic rings. The maximum atomic E-state index is 13.0. The Morgan fingerprint density at radius 1 is 1.13 bits per heavy atom. The van der Waals surface area contributed by atoms with Gasteiger partial charge in [-0.3, -0.25) is 14.4 Å². The Kier molecular flexibility index (Phi) is 7.69. The van der Waals surface area contributed by atoms with Crippen molar-refractivity contribution in [2.45, 2.75) is 36.4 Å². The largest absolute Gasteiger partial charge is 0.299 e. The van der Waals surface area contributed by atoms with E-state index >= 15 is 0 Å². The van der Waals surface area contributed by atoms with Gasteiger partial charge in [-0.05, 0) is 31.0 Å². The molecule has 3 rings (SSSR count). The summed E-state index contributed by atoms with van der Waals surface area (Å²) in [7, 11) is -3.68. The van der Waals surface area contributed by atoms with Crippen molar-refractivity contribution in [3.63, 3.8) is 0 Å². The Hall–Kier alpha value is -2.43. The van der Waals surface area contributed by atoms with Crippen LogP contribution in [0.25, 0.3) is 0 Å². The fourth-order valence-electron chi connectivity index (χ4n) is 2.98. The van der Waals surface area contributed by atoms with Gasteiger partial charge in [-0.25, -0.2) is 8.42 Å². The normalized spacial score (nSPS) is 12.4. The monoisotopic (exact) mass is 476 g/mol. The maximum absolute atomic E-state index is 13.0. The van der Waals surface area contributed by atoms with E-state index in [1.54, 1.807) is 19.1 Å². The molecule has 0 aliphatic heterocycles. The number of rotatable bonds is 9. The summed E-state index contributed by atoms with van der Waals surface area (Å²) in [6, 6.07) is 16.1. The first-order valence-electron chi connectivity index (χ1n) is 9.65. The standard InChI is InChI=1S/C21H24N4O3S3/c1-4-18(25(31(3,27)28)17-12-10-15(2)11-13-17)19(26)22-20-23-24-21(30-20)29-14-16-8-6-5-7-9-16/h5-13,18H,4,14H2,1-3H3,(H,22,23,26). The zero-order chi connectivity index (χ0) is 22.4. The molecule has 0 bridgehead atoms. The minimum Gasteiger partial charge on any atom is -0.299 e. The Bertz CT molecular complexity index is 1120. The first-order valence-corrected chi connectivity index (χ1v) is 13.3. The van der Waals surface area contributed by atoms with E-state index in [-0.39, 0.29) is 0 Å². The number of carbonyl (C=O) groups excluding carboxylic acids is 1. The Morgan fingerprint density at radius 2 is 1.81 bits per heavy atom. The van der Waals surface area contributed by atoms with Crippen LogP contribution in [-0.4, -0.2) is 36.8 Å². The third-order valence-corrected chi connectivity index (χ3v) is 7.68. The van der Waals surface area contributed by atoms with Gasteiger partial charge in [-0.1, -0.05) is 78.1 Å². The van der Waals surface area contributed by atoms with Gasteiger partial charge in [0.25, 0.3) is 0 Å². The van der Waals surface area contributed by atoms with Gasteiger partial charge < -0.3 is 0 Å². The number of benzene rings is 2. The zero-order valence-electron chi connectivity index (χ0n) is 17.5. The number of nitrogens with zero attached hydrogens (tertiary/aromatic N) is 3. The van der Waals surface area contributed by atoms with Crippen LogP contribution in [-0.2, 0) is 20.6 Å². The highest BCUT2D eigenvalue weighted by molar-refractivity contribution is 8.00. The molecule has 0 aliphatic carbocycles. The number of hydrogen-bond donors (Lipinski definition) is 1. The molecule has 0 fully saturated rings. The fraction of sp³-hybridized carbons (Fsp3) is 0.286. The second-order valence-corrected chi connectivity index (χ2v) is 11.0. The lowest BCUT2D eigenvalue weighted by Gasteiger charge is -2.29. The first kappa shape index (κ1) is 23.2. The van der Waals surface area contributed by atoms with Crippen molar-refractivity contribution in [3.8, 4) is 0 Å². The van der Waals surface area contributed by atoms with E-state index in [1.165, 1.54) is 28.7 Å². The van der Waals surface area contributed by atoms with Gasteiger partial charge in [0.05, 0.1) is 11.9 Å². The lowest BCUT2D eigenvalue weighted by molar-refractivity contribution is -0.117. The molecule has 2 aromatic carbocycles. The smallest absolute Gasteiger partial charge is 0.250 e. The highest BCUT2D eigenvalue weighted by atomic mass is 32.2. The van der Waals surface area contributed by atoms with E-state index in [1.807, 2.05) is 49.4 Å². The van der Waals surface area contributed by atoms with E-state index in [2.05, 4.69) is 15.5 Å². The molecule has 3 aromatic rings. The van der Waals surface area contributed by atoms with Crippen LogP contribution < -0.4 is 9.62 Å². The molecular weight excluding hydrogens is 452 g/mol. The van der Waals surface area contributed by atoms with E-state index < -0.39 is 22.0 Å². The number of hydrogen-bond acceptors (Lipinski definition) is 7. The highest BCUT2D eigenvalue weighted by Crippen LogP contribution is 2.29. The summed E-state index contributed by atoms with van der Waals surface area (Å²) >= 11 is 2.80. The average molecular weight is 477 g/mol. The van der Waals surface area contributed by atoms with Gasteiger partial charge in [0.15, 0.2) is 4.34 Å². The summed E-state index contributed by atoms with van der Waals surface area (Å²) in [6.07, 6.45) is 1.41. The van der Waals surface area contributed by atoms with Crippen molar-refractivity contribution < 1.29 is 13.2 Å². The maximum Gasteiger partial charge on any atom is 0.250 e. The molecule has 10 heteroatoms. The summed E-state index contributed by atoms with van der Waals surface area (Å²) in [6.45, 7) is 3.69. The summed E-state index contributed by atoms with van der Waals surface area (Å²) < 4.78 is 26.9. The van der Waals surface area contributed by atoms with E-state index in [0.717, 1.165) is 26.2 Å². The van der Waals surface area contributed by atoms with Crippen LogP contribution in [0.15, 0.2) is 58.9 Å². The number of nitrogens with one attached hydrogen (secondary N) is 1. The molecule has 1 unspecified atom stereocenters. The van der Waals surface area contributed by atoms with Crippen LogP contribution in [0.1, 0.15) is 24.5 Å². The van der Waals surface area contributed by atoms with Gasteiger partial charge in [0.1, 0.15) is 6.04 Å². The molecule has 0 saturated carbocycles. The van der Waals surface area contributed by atoms with E-state index in [4.69, 9.17) is 0 Å². The Morgan fingerprint density at radius 3 is 2.42 bits per heavy atom. The molecule has 1 amide bonds. The van der Waals surface area contributed by atoms with Crippen molar-refractivity contribution >= 4 is 49.8 Å². The molecule has 0 radical (unpaired) electrons. The van der Waals surface area contributed by atoms with Crippen molar-refractivity contribution in [1.29, 1.82) is 0 Å². The SMILES string of the molecule is CCC(C(=O)Nc1nnc(SCc2ccccc2)s1)N(c1ccc(C)cc1)S(C)(=O)=O. The molecule has 1 N–H and O–H groups in total. The van der Waals surface area contributed by atoms with Gasteiger partial charge in [0, 0.05) is 5.75 Å². The van der Waals surface area contributed by atoms with Crippen molar-refractivity contribution in [2.75, 3.05) is 15.9 Å². The lowest BCUT2D eigenvalue weighted by Crippen LogP contribution is -2.47. The number of aromatic nitrogens is 2. The number of sulfonamides is 1. The highest BCUT2D eigenvalue weighted by Gasteiger charge is 2.32. The molecular formula is C21H24N4O3S3. The van der Waals surface area contributed by atoms with Crippen molar-refractivity contribution in [3.05, 3.63) is 65.7 Å². The fourth-order valence-corrected chi connectivity index (χ4v) is 5.90. The zero-order valence-corrected chi connectivity index (χ0v) is 19.9. The van der Waals surface area contributed by atoms with E-state index in [9.17, 15) is 13.2 Å². The van der Waals surface area contributed by atoms with Crippen LogP contribution in [0.4, 0.5) is 10.8 Å². The third kappa shape index (κ3) is 6.28. The predicted molar refractivity (Wildman–Crippen MR) is 127 cm³/mol. The number of amides is 1. The summed E-state index contributed by atoms with van der Waals surface area (Å²) in [5, 5.41) is 11.2. The summed E-state index contributed by atoms with van der Waals surface area (Å²) in [4.78, 5) is 13.0.